The Hall–Kier alpha value is -2.01. The first-order valence-corrected chi connectivity index (χ1v) is 7.69. The lowest BCUT2D eigenvalue weighted by molar-refractivity contribution is -0.386. The van der Waals surface area contributed by atoms with Crippen LogP contribution in [-0.4, -0.2) is 11.5 Å². The molecule has 0 aromatic heterocycles. The van der Waals surface area contributed by atoms with Crippen LogP contribution in [0.2, 0.25) is 0 Å². The van der Waals surface area contributed by atoms with E-state index in [2.05, 4.69) is 5.32 Å². The van der Waals surface area contributed by atoms with Crippen molar-refractivity contribution in [3.05, 3.63) is 58.1 Å². The van der Waals surface area contributed by atoms with Gasteiger partial charge in [0.15, 0.2) is 0 Å². The Balaban J connectivity index is 2.36. The van der Waals surface area contributed by atoms with Crippen LogP contribution in [0.5, 0.6) is 0 Å². The van der Waals surface area contributed by atoms with Crippen LogP contribution >= 0.6 is 11.8 Å². The highest BCUT2D eigenvalue weighted by Gasteiger charge is 2.20. The molecule has 0 heterocycles. The van der Waals surface area contributed by atoms with E-state index in [-0.39, 0.29) is 10.6 Å². The Morgan fingerprint density at radius 3 is 2.67 bits per heavy atom. The Labute approximate surface area is 128 Å². The third kappa shape index (κ3) is 3.98. The molecule has 5 heteroatoms. The summed E-state index contributed by atoms with van der Waals surface area (Å²) < 4.78 is 0. The van der Waals surface area contributed by atoms with Gasteiger partial charge in [0.25, 0.3) is 0 Å². The van der Waals surface area contributed by atoms with Gasteiger partial charge in [0, 0.05) is 11.4 Å². The average molecular weight is 302 g/mol. The summed E-state index contributed by atoms with van der Waals surface area (Å²) in [6.45, 7) is 4.77. The van der Waals surface area contributed by atoms with Gasteiger partial charge in [-0.2, -0.15) is 0 Å². The summed E-state index contributed by atoms with van der Waals surface area (Å²) >= 11 is 1.42. The molecule has 2 aromatic rings. The lowest BCUT2D eigenvalue weighted by atomic mass is 10.2. The smallest absolute Gasteiger partial charge is 0.306 e. The molecule has 0 atom stereocenters. The molecule has 110 valence electrons. The first-order valence-electron chi connectivity index (χ1n) is 6.87. The van der Waals surface area contributed by atoms with E-state index in [1.807, 2.05) is 44.2 Å². The summed E-state index contributed by atoms with van der Waals surface area (Å²) in [5, 5.41) is 14.5. The minimum absolute atomic E-state index is 0.150. The standard InChI is InChI=1S/C16H18N2O2S/c1-3-10-17-14-8-5-9-15(16(14)18(19)20)21-13-7-4-6-12(2)11-13/h4-9,11,17H,3,10H2,1-2H3. The predicted molar refractivity (Wildman–Crippen MR) is 87.2 cm³/mol. The molecular weight excluding hydrogens is 284 g/mol. The second-order valence-corrected chi connectivity index (χ2v) is 5.87. The third-order valence-electron chi connectivity index (χ3n) is 2.96. The summed E-state index contributed by atoms with van der Waals surface area (Å²) in [5.74, 6) is 0. The maximum atomic E-state index is 11.4. The molecule has 21 heavy (non-hydrogen) atoms. The van der Waals surface area contributed by atoms with Crippen LogP contribution in [0.25, 0.3) is 0 Å². The first kappa shape index (κ1) is 15.4. The van der Waals surface area contributed by atoms with Gasteiger partial charge in [0.2, 0.25) is 0 Å². The molecule has 0 aliphatic rings. The number of aryl methyl sites for hydroxylation is 1. The van der Waals surface area contributed by atoms with Crippen LogP contribution in [0, 0.1) is 17.0 Å². The normalized spacial score (nSPS) is 10.4. The van der Waals surface area contributed by atoms with Crippen molar-refractivity contribution in [2.24, 2.45) is 0 Å². The van der Waals surface area contributed by atoms with Crippen molar-refractivity contribution in [3.8, 4) is 0 Å². The van der Waals surface area contributed by atoms with Gasteiger partial charge in [0.05, 0.1) is 9.82 Å². The predicted octanol–water partition coefficient (Wildman–Crippen LogP) is 4.88. The number of hydrogen-bond acceptors (Lipinski definition) is 4. The quantitative estimate of drug-likeness (QED) is 0.610. The second kappa shape index (κ2) is 7.13. The van der Waals surface area contributed by atoms with Crippen LogP contribution in [0.1, 0.15) is 18.9 Å². The number of anilines is 1. The lowest BCUT2D eigenvalue weighted by Crippen LogP contribution is -2.03. The lowest BCUT2D eigenvalue weighted by Gasteiger charge is -2.09. The number of para-hydroxylation sites is 1. The highest BCUT2D eigenvalue weighted by atomic mass is 32.2. The zero-order valence-corrected chi connectivity index (χ0v) is 12.9. The number of rotatable bonds is 6. The van der Waals surface area contributed by atoms with Crippen molar-refractivity contribution >= 4 is 23.1 Å². The fourth-order valence-electron chi connectivity index (χ4n) is 2.00. The van der Waals surface area contributed by atoms with Gasteiger partial charge in [-0.15, -0.1) is 0 Å². The Morgan fingerprint density at radius 2 is 2.00 bits per heavy atom. The van der Waals surface area contributed by atoms with E-state index >= 15 is 0 Å². The van der Waals surface area contributed by atoms with E-state index in [1.165, 1.54) is 11.8 Å². The third-order valence-corrected chi connectivity index (χ3v) is 4.00. The van der Waals surface area contributed by atoms with Crippen molar-refractivity contribution in [2.45, 2.75) is 30.1 Å². The van der Waals surface area contributed by atoms with Crippen molar-refractivity contribution in [1.82, 2.24) is 0 Å². The topological polar surface area (TPSA) is 55.2 Å². The molecule has 0 amide bonds. The van der Waals surface area contributed by atoms with Crippen LogP contribution in [-0.2, 0) is 0 Å². The van der Waals surface area contributed by atoms with E-state index in [0.29, 0.717) is 10.6 Å². The minimum atomic E-state index is -0.309. The monoisotopic (exact) mass is 302 g/mol. The highest BCUT2D eigenvalue weighted by Crippen LogP contribution is 2.39. The van der Waals surface area contributed by atoms with Gasteiger partial charge in [-0.25, -0.2) is 0 Å². The molecule has 4 nitrogen and oxygen atoms in total. The van der Waals surface area contributed by atoms with Crippen molar-refractivity contribution in [2.75, 3.05) is 11.9 Å². The Bertz CT molecular complexity index is 644. The van der Waals surface area contributed by atoms with Gasteiger partial charge in [0.1, 0.15) is 5.69 Å². The minimum Gasteiger partial charge on any atom is -0.379 e. The summed E-state index contributed by atoms with van der Waals surface area (Å²) in [4.78, 5) is 12.8. The zero-order chi connectivity index (χ0) is 15.2. The molecule has 0 spiro atoms. The van der Waals surface area contributed by atoms with Crippen LogP contribution in [0.3, 0.4) is 0 Å². The Kier molecular flexibility index (Phi) is 5.22. The number of nitro benzene ring substituents is 1. The maximum Gasteiger partial charge on any atom is 0.306 e. The molecule has 0 aliphatic carbocycles. The summed E-state index contributed by atoms with van der Waals surface area (Å²) in [7, 11) is 0. The van der Waals surface area contributed by atoms with E-state index in [1.54, 1.807) is 12.1 Å². The molecule has 0 saturated heterocycles. The first-order chi connectivity index (χ1) is 10.1. The van der Waals surface area contributed by atoms with E-state index in [4.69, 9.17) is 0 Å². The van der Waals surface area contributed by atoms with Crippen LogP contribution in [0.4, 0.5) is 11.4 Å². The summed E-state index contributed by atoms with van der Waals surface area (Å²) in [5.41, 5.74) is 1.87. The molecule has 0 unspecified atom stereocenters. The van der Waals surface area contributed by atoms with Gasteiger partial charge < -0.3 is 5.32 Å². The number of hydrogen-bond donors (Lipinski definition) is 1. The average Bonchev–Trinajstić information content (AvgIpc) is 2.45. The van der Waals surface area contributed by atoms with Crippen LogP contribution in [0.15, 0.2) is 52.3 Å². The maximum absolute atomic E-state index is 11.4. The number of nitrogens with zero attached hydrogens (tertiary/aromatic N) is 1. The van der Waals surface area contributed by atoms with Gasteiger partial charge >= 0.3 is 5.69 Å². The fourth-order valence-corrected chi connectivity index (χ4v) is 3.07. The van der Waals surface area contributed by atoms with Crippen molar-refractivity contribution < 1.29 is 4.92 Å². The summed E-state index contributed by atoms with van der Waals surface area (Å²) in [6, 6.07) is 13.4. The fraction of sp³-hybridized carbons (Fsp3) is 0.250. The molecule has 2 rings (SSSR count). The summed E-state index contributed by atoms with van der Waals surface area (Å²) in [6.07, 6.45) is 0.923. The molecular formula is C16H18N2O2S. The Morgan fingerprint density at radius 1 is 1.24 bits per heavy atom. The second-order valence-electron chi connectivity index (χ2n) is 4.75. The van der Waals surface area contributed by atoms with Gasteiger partial charge in [-0.1, -0.05) is 42.4 Å². The van der Waals surface area contributed by atoms with Gasteiger partial charge in [-0.3, -0.25) is 10.1 Å². The molecule has 0 aliphatic heterocycles. The molecule has 0 fully saturated rings. The SMILES string of the molecule is CCCNc1cccc(Sc2cccc(C)c2)c1[N+](=O)[O-]. The van der Waals surface area contributed by atoms with Gasteiger partial charge in [-0.05, 0) is 37.6 Å². The largest absolute Gasteiger partial charge is 0.379 e. The molecule has 1 N–H and O–H groups in total. The highest BCUT2D eigenvalue weighted by molar-refractivity contribution is 7.99. The van der Waals surface area contributed by atoms with E-state index in [0.717, 1.165) is 23.4 Å². The van der Waals surface area contributed by atoms with Crippen LogP contribution < -0.4 is 5.32 Å². The number of nitro groups is 1. The van der Waals surface area contributed by atoms with Crippen molar-refractivity contribution in [3.63, 3.8) is 0 Å². The molecule has 0 radical (unpaired) electrons. The van der Waals surface area contributed by atoms with Crippen molar-refractivity contribution in [1.29, 1.82) is 0 Å². The molecule has 0 bridgehead atoms. The zero-order valence-electron chi connectivity index (χ0n) is 12.1. The van der Waals surface area contributed by atoms with E-state index < -0.39 is 0 Å². The molecule has 2 aromatic carbocycles. The number of nitrogens with one attached hydrogen (secondary N) is 1. The van der Waals surface area contributed by atoms with E-state index in [9.17, 15) is 10.1 Å². The molecule has 0 saturated carbocycles. The number of benzene rings is 2.